The van der Waals surface area contributed by atoms with Crippen LogP contribution in [0.2, 0.25) is 0 Å². The van der Waals surface area contributed by atoms with Gasteiger partial charge < -0.3 is 10.1 Å². The highest BCUT2D eigenvalue weighted by molar-refractivity contribution is 6.22. The summed E-state index contributed by atoms with van der Waals surface area (Å²) in [5.41, 5.74) is 2.26. The van der Waals surface area contributed by atoms with Crippen LogP contribution < -0.4 is 10.2 Å². The van der Waals surface area contributed by atoms with Gasteiger partial charge in [-0.25, -0.2) is 4.79 Å². The van der Waals surface area contributed by atoms with Crippen LogP contribution in [0.15, 0.2) is 48.5 Å². The summed E-state index contributed by atoms with van der Waals surface area (Å²) in [6.07, 6.45) is 2.43. The van der Waals surface area contributed by atoms with Crippen LogP contribution in [-0.2, 0) is 19.1 Å². The summed E-state index contributed by atoms with van der Waals surface area (Å²) < 4.78 is 5.10. The van der Waals surface area contributed by atoms with Gasteiger partial charge in [0.15, 0.2) is 6.61 Å². The van der Waals surface area contributed by atoms with Gasteiger partial charge in [0, 0.05) is 5.69 Å². The van der Waals surface area contributed by atoms with Gasteiger partial charge in [-0.1, -0.05) is 25.1 Å². The molecule has 0 unspecified atom stereocenters. The maximum Gasteiger partial charge on any atom is 0.338 e. The molecular weight excluding hydrogens is 408 g/mol. The van der Waals surface area contributed by atoms with Crippen LogP contribution in [0, 0.1) is 24.7 Å². The fourth-order valence-corrected chi connectivity index (χ4v) is 4.50. The standard InChI is InChI=1S/C25H26N2O5/c1-15-7-12-19-20(13-15)24(30)27(23(19)29)18-10-8-17(9-11-18)25(31)32-14-22(28)26-21-6-4-3-5-16(21)2/h3-6,8-11,15,19-20H,7,12-14H2,1-2H3,(H,26,28)/t15-,19+,20+/m0/s1. The summed E-state index contributed by atoms with van der Waals surface area (Å²) in [6.45, 7) is 3.56. The number of esters is 1. The summed E-state index contributed by atoms with van der Waals surface area (Å²) in [5.74, 6) is -1.46. The Balaban J connectivity index is 1.37. The molecule has 32 heavy (non-hydrogen) atoms. The van der Waals surface area contributed by atoms with Gasteiger partial charge in [0.25, 0.3) is 5.91 Å². The molecule has 1 aliphatic heterocycles. The van der Waals surface area contributed by atoms with Crippen molar-refractivity contribution in [1.29, 1.82) is 0 Å². The van der Waals surface area contributed by atoms with E-state index < -0.39 is 18.5 Å². The highest BCUT2D eigenvalue weighted by Gasteiger charge is 2.49. The molecule has 0 radical (unpaired) electrons. The SMILES string of the molecule is Cc1ccccc1NC(=O)COC(=O)c1ccc(N2C(=O)[C@@H]3CC[C@H](C)C[C@H]3C2=O)cc1. The highest BCUT2D eigenvalue weighted by atomic mass is 16.5. The average molecular weight is 434 g/mol. The first-order chi connectivity index (χ1) is 15.3. The number of carbonyl (C=O) groups is 4. The van der Waals surface area contributed by atoms with Crippen molar-refractivity contribution in [2.45, 2.75) is 33.1 Å². The van der Waals surface area contributed by atoms with E-state index in [4.69, 9.17) is 4.74 Å². The van der Waals surface area contributed by atoms with Crippen molar-refractivity contribution in [3.63, 3.8) is 0 Å². The molecule has 4 rings (SSSR count). The zero-order chi connectivity index (χ0) is 22.8. The third kappa shape index (κ3) is 4.28. The summed E-state index contributed by atoms with van der Waals surface area (Å²) in [5, 5.41) is 2.70. The van der Waals surface area contributed by atoms with E-state index in [2.05, 4.69) is 12.2 Å². The predicted octanol–water partition coefficient (Wildman–Crippen LogP) is 3.72. The molecule has 7 nitrogen and oxygen atoms in total. The molecule has 166 valence electrons. The second-order valence-electron chi connectivity index (χ2n) is 8.63. The van der Waals surface area contributed by atoms with Crippen LogP contribution in [0.1, 0.15) is 42.1 Å². The second kappa shape index (κ2) is 8.94. The Kier molecular flexibility index (Phi) is 6.08. The van der Waals surface area contributed by atoms with Crippen LogP contribution in [0.3, 0.4) is 0 Å². The van der Waals surface area contributed by atoms with E-state index in [1.807, 2.05) is 25.1 Å². The maximum atomic E-state index is 12.8. The molecule has 0 aromatic heterocycles. The molecule has 1 aliphatic carbocycles. The van der Waals surface area contributed by atoms with E-state index in [9.17, 15) is 19.2 Å². The molecule has 1 saturated carbocycles. The molecule has 3 amide bonds. The van der Waals surface area contributed by atoms with Gasteiger partial charge in [-0.2, -0.15) is 0 Å². The van der Waals surface area contributed by atoms with E-state index in [-0.39, 0.29) is 29.2 Å². The van der Waals surface area contributed by atoms with Crippen molar-refractivity contribution in [2.24, 2.45) is 17.8 Å². The van der Waals surface area contributed by atoms with Crippen molar-refractivity contribution < 1.29 is 23.9 Å². The molecule has 0 bridgehead atoms. The number of aryl methyl sites for hydroxylation is 1. The quantitative estimate of drug-likeness (QED) is 0.572. The van der Waals surface area contributed by atoms with Crippen LogP contribution in [0.4, 0.5) is 11.4 Å². The third-order valence-corrected chi connectivity index (χ3v) is 6.30. The lowest BCUT2D eigenvalue weighted by molar-refractivity contribution is -0.122. The minimum absolute atomic E-state index is 0.157. The number of nitrogens with zero attached hydrogens (tertiary/aromatic N) is 1. The number of carbonyl (C=O) groups excluding carboxylic acids is 4. The number of amides is 3. The minimum atomic E-state index is -0.655. The zero-order valence-corrected chi connectivity index (χ0v) is 18.2. The first-order valence-corrected chi connectivity index (χ1v) is 10.9. The molecular formula is C25H26N2O5. The normalized spacial score (nSPS) is 22.4. The number of nitrogens with one attached hydrogen (secondary N) is 1. The van der Waals surface area contributed by atoms with Crippen LogP contribution in [0.5, 0.6) is 0 Å². The van der Waals surface area contributed by atoms with E-state index in [1.165, 1.54) is 17.0 Å². The number of anilines is 2. The third-order valence-electron chi connectivity index (χ3n) is 6.30. The van der Waals surface area contributed by atoms with Crippen molar-refractivity contribution >= 4 is 35.1 Å². The monoisotopic (exact) mass is 434 g/mol. The average Bonchev–Trinajstić information content (AvgIpc) is 3.03. The second-order valence-corrected chi connectivity index (χ2v) is 8.63. The van der Waals surface area contributed by atoms with E-state index in [0.29, 0.717) is 17.3 Å². The van der Waals surface area contributed by atoms with E-state index in [0.717, 1.165) is 24.8 Å². The lowest BCUT2D eigenvalue weighted by Crippen LogP contribution is -2.30. The summed E-state index contributed by atoms with van der Waals surface area (Å²) in [4.78, 5) is 51.3. The molecule has 3 atom stereocenters. The van der Waals surface area contributed by atoms with Crippen molar-refractivity contribution in [3.05, 3.63) is 59.7 Å². The Labute approximate surface area is 186 Å². The number of fused-ring (bicyclic) bond motifs is 1. The van der Waals surface area contributed by atoms with Crippen LogP contribution in [0.25, 0.3) is 0 Å². The minimum Gasteiger partial charge on any atom is -0.452 e. The van der Waals surface area contributed by atoms with Gasteiger partial charge in [0.05, 0.1) is 23.1 Å². The molecule has 1 saturated heterocycles. The number of hydrogen-bond acceptors (Lipinski definition) is 5. The number of hydrogen-bond donors (Lipinski definition) is 1. The number of rotatable bonds is 5. The van der Waals surface area contributed by atoms with E-state index in [1.54, 1.807) is 18.2 Å². The molecule has 0 spiro atoms. The Hall–Kier alpha value is -3.48. The summed E-state index contributed by atoms with van der Waals surface area (Å²) in [7, 11) is 0. The Morgan fingerprint density at radius 3 is 2.41 bits per heavy atom. The highest BCUT2D eigenvalue weighted by Crippen LogP contribution is 2.42. The van der Waals surface area contributed by atoms with Crippen molar-refractivity contribution in [1.82, 2.24) is 0 Å². The summed E-state index contributed by atoms with van der Waals surface area (Å²) in [6, 6.07) is 13.5. The van der Waals surface area contributed by atoms with Gasteiger partial charge in [0.2, 0.25) is 11.8 Å². The lowest BCUT2D eigenvalue weighted by Gasteiger charge is -2.25. The maximum absolute atomic E-state index is 12.8. The van der Waals surface area contributed by atoms with Crippen LogP contribution in [-0.4, -0.2) is 30.3 Å². The number of para-hydroxylation sites is 1. The number of ether oxygens (including phenoxy) is 1. The Morgan fingerprint density at radius 1 is 1.00 bits per heavy atom. The fraction of sp³-hybridized carbons (Fsp3) is 0.360. The lowest BCUT2D eigenvalue weighted by atomic mass is 9.76. The van der Waals surface area contributed by atoms with Crippen molar-refractivity contribution in [3.8, 4) is 0 Å². The fourth-order valence-electron chi connectivity index (χ4n) is 4.50. The Morgan fingerprint density at radius 2 is 1.69 bits per heavy atom. The smallest absolute Gasteiger partial charge is 0.338 e. The molecule has 1 N–H and O–H groups in total. The van der Waals surface area contributed by atoms with Gasteiger partial charge in [-0.3, -0.25) is 19.3 Å². The van der Waals surface area contributed by atoms with Gasteiger partial charge >= 0.3 is 5.97 Å². The first kappa shape index (κ1) is 21.7. The summed E-state index contributed by atoms with van der Waals surface area (Å²) >= 11 is 0. The molecule has 2 aromatic carbocycles. The van der Waals surface area contributed by atoms with E-state index >= 15 is 0 Å². The molecule has 2 aliphatic rings. The zero-order valence-electron chi connectivity index (χ0n) is 18.2. The topological polar surface area (TPSA) is 92.8 Å². The molecule has 1 heterocycles. The van der Waals surface area contributed by atoms with Crippen molar-refractivity contribution in [2.75, 3.05) is 16.8 Å². The number of benzene rings is 2. The Bertz CT molecular complexity index is 1060. The molecule has 7 heteroatoms. The molecule has 2 aromatic rings. The molecule has 2 fully saturated rings. The number of imide groups is 1. The van der Waals surface area contributed by atoms with Gasteiger partial charge in [0.1, 0.15) is 0 Å². The van der Waals surface area contributed by atoms with Gasteiger partial charge in [-0.05, 0) is 68.0 Å². The first-order valence-electron chi connectivity index (χ1n) is 10.9. The largest absolute Gasteiger partial charge is 0.452 e. The van der Waals surface area contributed by atoms with Crippen LogP contribution >= 0.6 is 0 Å². The van der Waals surface area contributed by atoms with Gasteiger partial charge in [-0.15, -0.1) is 0 Å². The predicted molar refractivity (Wildman–Crippen MR) is 119 cm³/mol.